The Kier molecular flexibility index (Phi) is 4.15. The summed E-state index contributed by atoms with van der Waals surface area (Å²) in [6.07, 6.45) is 4.49. The fraction of sp³-hybridized carbons (Fsp3) is 0.500. The number of imidazole rings is 1. The molecular weight excluding hydrogens is 210 g/mol. The topological polar surface area (TPSA) is 43.8 Å². The number of aryl methyl sites for hydroxylation is 2. The van der Waals surface area contributed by atoms with E-state index in [1.807, 2.05) is 6.07 Å². The molecular formula is C14H21N3. The summed E-state index contributed by atoms with van der Waals surface area (Å²) in [5, 5.41) is 0. The molecule has 1 aromatic carbocycles. The van der Waals surface area contributed by atoms with Crippen molar-refractivity contribution in [1.82, 2.24) is 9.55 Å². The zero-order chi connectivity index (χ0) is 12.1. The van der Waals surface area contributed by atoms with Gasteiger partial charge in [-0.25, -0.2) is 4.98 Å². The van der Waals surface area contributed by atoms with Crippen molar-refractivity contribution in [1.29, 1.82) is 0 Å². The van der Waals surface area contributed by atoms with Gasteiger partial charge >= 0.3 is 0 Å². The molecule has 0 radical (unpaired) electrons. The molecule has 2 rings (SSSR count). The lowest BCUT2D eigenvalue weighted by Gasteiger charge is -2.07. The maximum atomic E-state index is 5.61. The van der Waals surface area contributed by atoms with Crippen LogP contribution in [-0.2, 0) is 13.0 Å². The van der Waals surface area contributed by atoms with Crippen molar-refractivity contribution >= 4 is 11.0 Å². The third-order valence-corrected chi connectivity index (χ3v) is 3.07. The van der Waals surface area contributed by atoms with Crippen molar-refractivity contribution in [2.75, 3.05) is 6.54 Å². The van der Waals surface area contributed by atoms with Gasteiger partial charge in [-0.2, -0.15) is 0 Å². The monoisotopic (exact) mass is 231 g/mol. The van der Waals surface area contributed by atoms with Gasteiger partial charge in [0.1, 0.15) is 5.82 Å². The van der Waals surface area contributed by atoms with Gasteiger partial charge in [0.05, 0.1) is 11.0 Å². The van der Waals surface area contributed by atoms with Crippen LogP contribution in [0.15, 0.2) is 24.3 Å². The van der Waals surface area contributed by atoms with Crippen LogP contribution in [0.2, 0.25) is 0 Å². The van der Waals surface area contributed by atoms with Gasteiger partial charge in [-0.15, -0.1) is 0 Å². The largest absolute Gasteiger partial charge is 0.330 e. The minimum absolute atomic E-state index is 0.736. The van der Waals surface area contributed by atoms with Crippen molar-refractivity contribution < 1.29 is 0 Å². The van der Waals surface area contributed by atoms with Gasteiger partial charge in [0.15, 0.2) is 0 Å². The highest BCUT2D eigenvalue weighted by Crippen LogP contribution is 2.17. The summed E-state index contributed by atoms with van der Waals surface area (Å²) in [4.78, 5) is 4.73. The summed E-state index contributed by atoms with van der Waals surface area (Å²) < 4.78 is 2.33. The Balaban J connectivity index is 2.34. The third kappa shape index (κ3) is 2.67. The molecule has 0 saturated heterocycles. The van der Waals surface area contributed by atoms with Crippen molar-refractivity contribution in [2.45, 2.75) is 39.2 Å². The average Bonchev–Trinajstić information content (AvgIpc) is 2.71. The van der Waals surface area contributed by atoms with Gasteiger partial charge in [-0.05, 0) is 31.5 Å². The number of para-hydroxylation sites is 2. The zero-order valence-corrected chi connectivity index (χ0v) is 10.5. The predicted molar refractivity (Wildman–Crippen MR) is 72.0 cm³/mol. The second-order valence-corrected chi connectivity index (χ2v) is 4.41. The summed E-state index contributed by atoms with van der Waals surface area (Å²) in [6, 6.07) is 8.36. The summed E-state index contributed by atoms with van der Waals surface area (Å²) in [5.74, 6) is 1.21. The summed E-state index contributed by atoms with van der Waals surface area (Å²) in [6.45, 7) is 3.93. The Hall–Kier alpha value is -1.35. The number of hydrogen-bond acceptors (Lipinski definition) is 2. The van der Waals surface area contributed by atoms with Crippen molar-refractivity contribution in [3.05, 3.63) is 30.1 Å². The number of benzene rings is 1. The Bertz CT molecular complexity index is 473. The summed E-state index contributed by atoms with van der Waals surface area (Å²) in [5.41, 5.74) is 7.96. The smallest absolute Gasteiger partial charge is 0.109 e. The molecule has 1 heterocycles. The Morgan fingerprint density at radius 2 is 2.06 bits per heavy atom. The highest BCUT2D eigenvalue weighted by molar-refractivity contribution is 5.75. The molecule has 2 aromatic rings. The van der Waals surface area contributed by atoms with Gasteiger partial charge in [0.2, 0.25) is 0 Å². The lowest BCUT2D eigenvalue weighted by Crippen LogP contribution is -2.08. The van der Waals surface area contributed by atoms with Crippen LogP contribution in [0.1, 0.15) is 32.0 Å². The molecule has 2 N–H and O–H groups in total. The van der Waals surface area contributed by atoms with E-state index in [4.69, 9.17) is 10.7 Å². The number of fused-ring (bicyclic) bond motifs is 1. The Morgan fingerprint density at radius 3 is 2.82 bits per heavy atom. The van der Waals surface area contributed by atoms with E-state index in [2.05, 4.69) is 29.7 Å². The number of aromatic nitrogens is 2. The fourth-order valence-electron chi connectivity index (χ4n) is 2.15. The SMILES string of the molecule is CCCCc1nc2ccccc2n1CCCN. The lowest BCUT2D eigenvalue weighted by molar-refractivity contribution is 0.617. The van der Waals surface area contributed by atoms with Crippen LogP contribution in [0.25, 0.3) is 11.0 Å². The maximum absolute atomic E-state index is 5.61. The standard InChI is InChI=1S/C14H21N3/c1-2-3-9-14-16-12-7-4-5-8-13(12)17(14)11-6-10-15/h4-5,7-8H,2-3,6,9-11,15H2,1H3. The molecule has 0 amide bonds. The molecule has 0 bridgehead atoms. The molecule has 3 nitrogen and oxygen atoms in total. The van der Waals surface area contributed by atoms with Crippen LogP contribution in [0.5, 0.6) is 0 Å². The molecule has 0 atom stereocenters. The minimum atomic E-state index is 0.736. The molecule has 3 heteroatoms. The molecule has 0 unspecified atom stereocenters. The quantitative estimate of drug-likeness (QED) is 0.830. The molecule has 0 saturated carbocycles. The first-order chi connectivity index (χ1) is 8.36. The number of hydrogen-bond donors (Lipinski definition) is 1. The zero-order valence-electron chi connectivity index (χ0n) is 10.5. The highest BCUT2D eigenvalue weighted by Gasteiger charge is 2.08. The van der Waals surface area contributed by atoms with Crippen LogP contribution in [0, 0.1) is 0 Å². The number of unbranched alkanes of at least 4 members (excludes halogenated alkanes) is 1. The fourth-order valence-corrected chi connectivity index (χ4v) is 2.15. The molecule has 1 aromatic heterocycles. The van der Waals surface area contributed by atoms with E-state index in [0.717, 1.165) is 31.4 Å². The van der Waals surface area contributed by atoms with Gasteiger partial charge in [-0.3, -0.25) is 0 Å². The van der Waals surface area contributed by atoms with Crippen LogP contribution in [0.3, 0.4) is 0 Å². The van der Waals surface area contributed by atoms with Gasteiger partial charge < -0.3 is 10.3 Å². The normalized spacial score (nSPS) is 11.2. The average molecular weight is 231 g/mol. The van der Waals surface area contributed by atoms with Crippen LogP contribution >= 0.6 is 0 Å². The second kappa shape index (κ2) is 5.82. The summed E-state index contributed by atoms with van der Waals surface area (Å²) >= 11 is 0. The molecule has 0 fully saturated rings. The van der Waals surface area contributed by atoms with Crippen LogP contribution in [0.4, 0.5) is 0 Å². The number of rotatable bonds is 6. The number of nitrogens with two attached hydrogens (primary N) is 1. The van der Waals surface area contributed by atoms with E-state index in [9.17, 15) is 0 Å². The third-order valence-electron chi connectivity index (χ3n) is 3.07. The first-order valence-electron chi connectivity index (χ1n) is 6.51. The Labute approximate surface area is 103 Å². The van der Waals surface area contributed by atoms with E-state index >= 15 is 0 Å². The van der Waals surface area contributed by atoms with Crippen molar-refractivity contribution in [2.24, 2.45) is 5.73 Å². The van der Waals surface area contributed by atoms with Crippen molar-refractivity contribution in [3.8, 4) is 0 Å². The van der Waals surface area contributed by atoms with Crippen LogP contribution in [-0.4, -0.2) is 16.1 Å². The Morgan fingerprint density at radius 1 is 1.24 bits per heavy atom. The van der Waals surface area contributed by atoms with E-state index in [1.165, 1.54) is 24.2 Å². The predicted octanol–water partition coefficient (Wildman–Crippen LogP) is 2.73. The maximum Gasteiger partial charge on any atom is 0.109 e. The van der Waals surface area contributed by atoms with Crippen LogP contribution < -0.4 is 5.73 Å². The highest BCUT2D eigenvalue weighted by atomic mass is 15.1. The van der Waals surface area contributed by atoms with E-state index in [0.29, 0.717) is 0 Å². The molecule has 0 aliphatic rings. The van der Waals surface area contributed by atoms with E-state index < -0.39 is 0 Å². The minimum Gasteiger partial charge on any atom is -0.330 e. The van der Waals surface area contributed by atoms with Gasteiger partial charge in [0.25, 0.3) is 0 Å². The molecule has 17 heavy (non-hydrogen) atoms. The van der Waals surface area contributed by atoms with Crippen molar-refractivity contribution in [3.63, 3.8) is 0 Å². The number of nitrogens with zero attached hydrogens (tertiary/aromatic N) is 2. The molecule has 0 aliphatic carbocycles. The molecule has 0 spiro atoms. The summed E-state index contributed by atoms with van der Waals surface area (Å²) in [7, 11) is 0. The molecule has 92 valence electrons. The van der Waals surface area contributed by atoms with E-state index in [1.54, 1.807) is 0 Å². The van der Waals surface area contributed by atoms with E-state index in [-0.39, 0.29) is 0 Å². The molecule has 0 aliphatic heterocycles. The van der Waals surface area contributed by atoms with Gasteiger partial charge in [-0.1, -0.05) is 25.5 Å². The second-order valence-electron chi connectivity index (χ2n) is 4.41. The van der Waals surface area contributed by atoms with Gasteiger partial charge in [0, 0.05) is 13.0 Å². The first-order valence-corrected chi connectivity index (χ1v) is 6.51. The lowest BCUT2D eigenvalue weighted by atomic mass is 10.2. The first kappa shape index (κ1) is 12.1.